The van der Waals surface area contributed by atoms with Gasteiger partial charge in [0.25, 0.3) is 0 Å². The molecule has 4 heteroatoms. The molecule has 1 nitrogen and oxygen atoms in total. The number of Topliss-reactive ketones (excluding diaryl/α,β-unsaturated/α-hetero) is 1. The fourth-order valence-corrected chi connectivity index (χ4v) is 3.62. The lowest BCUT2D eigenvalue weighted by Gasteiger charge is -1.95. The van der Waals surface area contributed by atoms with Gasteiger partial charge < -0.3 is 0 Å². The standard InChI is InChI=1S/C12H11BrOS2/c1-8-6-11(16-12(8)13)10(14)3-2-9-4-5-15-7-9/h4-7H,2-3H2,1H3. The number of thiophene rings is 2. The lowest BCUT2D eigenvalue weighted by Crippen LogP contribution is -1.97. The van der Waals surface area contributed by atoms with Gasteiger partial charge in [0.1, 0.15) is 0 Å². The van der Waals surface area contributed by atoms with E-state index in [9.17, 15) is 4.79 Å². The molecule has 16 heavy (non-hydrogen) atoms. The Labute approximate surface area is 111 Å². The second-order valence-corrected chi connectivity index (χ2v) is 6.77. The van der Waals surface area contributed by atoms with Crippen molar-refractivity contribution in [3.8, 4) is 0 Å². The summed E-state index contributed by atoms with van der Waals surface area (Å²) in [6.07, 6.45) is 1.44. The van der Waals surface area contributed by atoms with Crippen LogP contribution in [0.2, 0.25) is 0 Å². The van der Waals surface area contributed by atoms with Crippen molar-refractivity contribution in [1.82, 2.24) is 0 Å². The van der Waals surface area contributed by atoms with Crippen LogP contribution < -0.4 is 0 Å². The summed E-state index contributed by atoms with van der Waals surface area (Å²) in [6, 6.07) is 4.04. The largest absolute Gasteiger partial charge is 0.293 e. The van der Waals surface area contributed by atoms with Crippen LogP contribution in [-0.4, -0.2) is 5.78 Å². The van der Waals surface area contributed by atoms with Crippen LogP contribution in [0.15, 0.2) is 26.7 Å². The molecule has 0 amide bonds. The van der Waals surface area contributed by atoms with Crippen LogP contribution in [0.25, 0.3) is 0 Å². The Kier molecular flexibility index (Phi) is 3.95. The number of hydrogen-bond donors (Lipinski definition) is 0. The molecule has 84 valence electrons. The summed E-state index contributed by atoms with van der Waals surface area (Å²) >= 11 is 6.65. The first kappa shape index (κ1) is 12.0. The molecule has 0 saturated heterocycles. The van der Waals surface area contributed by atoms with E-state index in [0.717, 1.165) is 20.6 Å². The summed E-state index contributed by atoms with van der Waals surface area (Å²) in [5.41, 5.74) is 2.40. The van der Waals surface area contributed by atoms with Crippen molar-refractivity contribution in [2.24, 2.45) is 0 Å². The number of carbonyl (C=O) groups is 1. The molecule has 0 saturated carbocycles. The Bertz CT molecular complexity index is 466. The molecule has 0 aromatic carbocycles. The molecular formula is C12H11BrOS2. The molecule has 0 fully saturated rings. The normalized spacial score (nSPS) is 10.6. The van der Waals surface area contributed by atoms with E-state index in [1.807, 2.05) is 18.4 Å². The molecule has 0 spiro atoms. The molecule has 2 aromatic rings. The van der Waals surface area contributed by atoms with Crippen molar-refractivity contribution < 1.29 is 4.79 Å². The monoisotopic (exact) mass is 314 g/mol. The van der Waals surface area contributed by atoms with Crippen molar-refractivity contribution in [1.29, 1.82) is 0 Å². The lowest BCUT2D eigenvalue weighted by atomic mass is 10.1. The molecule has 0 N–H and O–H groups in total. The quantitative estimate of drug-likeness (QED) is 0.748. The maximum atomic E-state index is 11.9. The predicted molar refractivity (Wildman–Crippen MR) is 73.7 cm³/mol. The molecule has 0 unspecified atom stereocenters. The number of carbonyl (C=O) groups excluding carboxylic acids is 1. The highest BCUT2D eigenvalue weighted by Gasteiger charge is 2.11. The fourth-order valence-electron chi connectivity index (χ4n) is 1.41. The first-order valence-electron chi connectivity index (χ1n) is 4.97. The topological polar surface area (TPSA) is 17.1 Å². The number of rotatable bonds is 4. The van der Waals surface area contributed by atoms with E-state index in [-0.39, 0.29) is 5.78 Å². The molecule has 2 heterocycles. The van der Waals surface area contributed by atoms with Gasteiger partial charge in [0.15, 0.2) is 5.78 Å². The SMILES string of the molecule is Cc1cc(C(=O)CCc2ccsc2)sc1Br. The first-order valence-corrected chi connectivity index (χ1v) is 7.52. The summed E-state index contributed by atoms with van der Waals surface area (Å²) in [5, 5.41) is 4.15. The third kappa shape index (κ3) is 2.81. The molecule has 2 aromatic heterocycles. The van der Waals surface area contributed by atoms with Gasteiger partial charge in [-0.3, -0.25) is 4.79 Å². The Morgan fingerprint density at radius 1 is 1.50 bits per heavy atom. The Morgan fingerprint density at radius 2 is 2.31 bits per heavy atom. The van der Waals surface area contributed by atoms with Gasteiger partial charge in [0.2, 0.25) is 0 Å². The van der Waals surface area contributed by atoms with Crippen LogP contribution in [0, 0.1) is 6.92 Å². The lowest BCUT2D eigenvalue weighted by molar-refractivity contribution is 0.0986. The van der Waals surface area contributed by atoms with E-state index < -0.39 is 0 Å². The molecule has 0 aliphatic heterocycles. The maximum Gasteiger partial charge on any atom is 0.173 e. The van der Waals surface area contributed by atoms with Crippen molar-refractivity contribution in [2.75, 3.05) is 0 Å². The zero-order valence-electron chi connectivity index (χ0n) is 8.83. The number of ketones is 1. The number of hydrogen-bond acceptors (Lipinski definition) is 3. The molecule has 0 aliphatic rings. The number of aryl methyl sites for hydroxylation is 2. The van der Waals surface area contributed by atoms with Crippen LogP contribution in [-0.2, 0) is 6.42 Å². The van der Waals surface area contributed by atoms with E-state index in [0.29, 0.717) is 6.42 Å². The zero-order chi connectivity index (χ0) is 11.5. The highest BCUT2D eigenvalue weighted by Crippen LogP contribution is 2.28. The van der Waals surface area contributed by atoms with E-state index in [1.165, 1.54) is 16.9 Å². The minimum Gasteiger partial charge on any atom is -0.293 e. The van der Waals surface area contributed by atoms with Crippen LogP contribution in [0.1, 0.15) is 27.2 Å². The van der Waals surface area contributed by atoms with E-state index in [2.05, 4.69) is 27.4 Å². The zero-order valence-corrected chi connectivity index (χ0v) is 12.0. The van der Waals surface area contributed by atoms with Gasteiger partial charge in [-0.1, -0.05) is 0 Å². The van der Waals surface area contributed by atoms with Gasteiger partial charge in [-0.15, -0.1) is 11.3 Å². The molecule has 0 atom stereocenters. The fraction of sp³-hybridized carbons (Fsp3) is 0.250. The Balaban J connectivity index is 1.98. The van der Waals surface area contributed by atoms with Crippen molar-refractivity contribution >= 4 is 44.4 Å². The van der Waals surface area contributed by atoms with Gasteiger partial charge >= 0.3 is 0 Å². The summed E-state index contributed by atoms with van der Waals surface area (Å²) in [7, 11) is 0. The molecule has 2 rings (SSSR count). The molecular weight excluding hydrogens is 304 g/mol. The van der Waals surface area contributed by atoms with Crippen LogP contribution >= 0.6 is 38.6 Å². The summed E-state index contributed by atoms with van der Waals surface area (Å²) < 4.78 is 1.06. The van der Waals surface area contributed by atoms with Gasteiger partial charge in [0, 0.05) is 6.42 Å². The highest BCUT2D eigenvalue weighted by atomic mass is 79.9. The summed E-state index contributed by atoms with van der Waals surface area (Å²) in [5.74, 6) is 0.241. The van der Waals surface area contributed by atoms with Gasteiger partial charge in [-0.25, -0.2) is 0 Å². The van der Waals surface area contributed by atoms with Crippen LogP contribution in [0.5, 0.6) is 0 Å². The molecule has 0 aliphatic carbocycles. The first-order chi connectivity index (χ1) is 7.66. The number of halogens is 1. The van der Waals surface area contributed by atoms with Crippen molar-refractivity contribution in [3.63, 3.8) is 0 Å². The Hall–Kier alpha value is -0.450. The highest BCUT2D eigenvalue weighted by molar-refractivity contribution is 9.11. The van der Waals surface area contributed by atoms with Crippen LogP contribution in [0.4, 0.5) is 0 Å². The third-order valence-corrected chi connectivity index (χ3v) is 5.26. The van der Waals surface area contributed by atoms with E-state index >= 15 is 0 Å². The summed E-state index contributed by atoms with van der Waals surface area (Å²) in [4.78, 5) is 12.8. The molecule has 0 radical (unpaired) electrons. The predicted octanol–water partition coefficient (Wildman–Crippen LogP) is 4.70. The third-order valence-electron chi connectivity index (χ3n) is 2.35. The maximum absolute atomic E-state index is 11.9. The summed E-state index contributed by atoms with van der Waals surface area (Å²) in [6.45, 7) is 2.01. The van der Waals surface area contributed by atoms with Crippen molar-refractivity contribution in [3.05, 3.63) is 42.7 Å². The smallest absolute Gasteiger partial charge is 0.173 e. The average molecular weight is 315 g/mol. The minimum atomic E-state index is 0.241. The minimum absolute atomic E-state index is 0.241. The van der Waals surface area contributed by atoms with Gasteiger partial charge in [-0.2, -0.15) is 11.3 Å². The Morgan fingerprint density at radius 3 is 2.88 bits per heavy atom. The van der Waals surface area contributed by atoms with Gasteiger partial charge in [0.05, 0.1) is 8.66 Å². The second-order valence-electron chi connectivity index (χ2n) is 3.62. The second kappa shape index (κ2) is 5.25. The van der Waals surface area contributed by atoms with E-state index in [1.54, 1.807) is 11.3 Å². The average Bonchev–Trinajstić information content (AvgIpc) is 2.86. The van der Waals surface area contributed by atoms with Crippen molar-refractivity contribution in [2.45, 2.75) is 19.8 Å². The molecule has 0 bridgehead atoms. The van der Waals surface area contributed by atoms with E-state index in [4.69, 9.17) is 0 Å². The van der Waals surface area contributed by atoms with Gasteiger partial charge in [-0.05, 0) is 63.3 Å². The van der Waals surface area contributed by atoms with Crippen LogP contribution in [0.3, 0.4) is 0 Å².